The first-order valence-corrected chi connectivity index (χ1v) is 1.51. The summed E-state index contributed by atoms with van der Waals surface area (Å²) in [5, 5.41) is 3.37. The van der Waals surface area contributed by atoms with Gasteiger partial charge in [-0.05, 0) is 0 Å². The van der Waals surface area contributed by atoms with E-state index in [4.69, 9.17) is 0 Å². The van der Waals surface area contributed by atoms with Crippen molar-refractivity contribution in [3.05, 3.63) is 12.3 Å². The SMILES string of the molecule is [C]1=NNOC=C1. The number of hydrogen-bond donors (Lipinski definition) is 1. The number of hydrazone groups is 1. The maximum Gasteiger partial charge on any atom is 0.123 e. The van der Waals surface area contributed by atoms with Gasteiger partial charge >= 0.3 is 0 Å². The Morgan fingerprint density at radius 2 is 2.83 bits per heavy atom. The molecule has 0 spiro atoms. The molecule has 1 aliphatic heterocycles. The average molecular weight is 83.1 g/mol. The molecule has 3 heteroatoms. The average Bonchev–Trinajstić information content (AvgIpc) is 1.72. The van der Waals surface area contributed by atoms with E-state index in [2.05, 4.69) is 21.7 Å². The Kier molecular flexibility index (Phi) is 0.774. The van der Waals surface area contributed by atoms with E-state index < -0.39 is 0 Å². The highest BCUT2D eigenvalue weighted by molar-refractivity contribution is 5.70. The second-order valence-electron chi connectivity index (χ2n) is 0.753. The summed E-state index contributed by atoms with van der Waals surface area (Å²) in [7, 11) is 0. The summed E-state index contributed by atoms with van der Waals surface area (Å²) in [5.41, 5.74) is 2.21. The molecule has 0 fully saturated rings. The minimum Gasteiger partial charge on any atom is -0.373 e. The van der Waals surface area contributed by atoms with Crippen LogP contribution >= 0.6 is 0 Å². The molecule has 31 valence electrons. The molecule has 0 aliphatic carbocycles. The van der Waals surface area contributed by atoms with Crippen LogP contribution in [0.25, 0.3) is 0 Å². The number of nitrogens with one attached hydrogen (secondary N) is 1. The molecule has 1 radical (unpaired) electrons. The van der Waals surface area contributed by atoms with Crippen LogP contribution in [0.2, 0.25) is 0 Å². The van der Waals surface area contributed by atoms with Gasteiger partial charge in [0.25, 0.3) is 0 Å². The van der Waals surface area contributed by atoms with Crippen molar-refractivity contribution in [3.8, 4) is 0 Å². The Labute approximate surface area is 35.3 Å². The van der Waals surface area contributed by atoms with E-state index in [1.54, 1.807) is 6.08 Å². The third-order valence-electron chi connectivity index (χ3n) is 0.374. The van der Waals surface area contributed by atoms with Crippen molar-refractivity contribution in [3.63, 3.8) is 0 Å². The van der Waals surface area contributed by atoms with Crippen molar-refractivity contribution in [2.24, 2.45) is 5.10 Å². The standard InChI is InChI=1S/C3H3N2O/c1-2-4-5-6-3-1/h1,3,5H. The fourth-order valence-corrected chi connectivity index (χ4v) is 0.185. The van der Waals surface area contributed by atoms with Gasteiger partial charge in [-0.1, -0.05) is 0 Å². The topological polar surface area (TPSA) is 33.6 Å². The van der Waals surface area contributed by atoms with E-state index in [1.807, 2.05) is 0 Å². The van der Waals surface area contributed by atoms with E-state index in [0.717, 1.165) is 0 Å². The molecule has 0 amide bonds. The van der Waals surface area contributed by atoms with Gasteiger partial charge < -0.3 is 4.84 Å². The minimum atomic E-state index is 1.45. The van der Waals surface area contributed by atoms with E-state index in [-0.39, 0.29) is 0 Å². The quantitative estimate of drug-likeness (QED) is 0.443. The van der Waals surface area contributed by atoms with Crippen LogP contribution in [0, 0.1) is 0 Å². The highest BCUT2D eigenvalue weighted by Crippen LogP contribution is 1.74. The van der Waals surface area contributed by atoms with Crippen molar-refractivity contribution in [1.82, 2.24) is 5.59 Å². The van der Waals surface area contributed by atoms with Crippen molar-refractivity contribution in [1.29, 1.82) is 0 Å². The largest absolute Gasteiger partial charge is 0.373 e. The van der Waals surface area contributed by atoms with Crippen LogP contribution in [0.4, 0.5) is 0 Å². The van der Waals surface area contributed by atoms with Gasteiger partial charge in [-0.3, -0.25) is 0 Å². The Bertz CT molecular complexity index is 74.8. The van der Waals surface area contributed by atoms with Crippen molar-refractivity contribution >= 4 is 6.21 Å². The fraction of sp³-hybridized carbons (Fsp3) is 0. The van der Waals surface area contributed by atoms with Gasteiger partial charge in [-0.2, -0.15) is 0 Å². The first-order chi connectivity index (χ1) is 3.00. The first-order valence-electron chi connectivity index (χ1n) is 1.51. The van der Waals surface area contributed by atoms with E-state index in [1.165, 1.54) is 6.26 Å². The molecule has 6 heavy (non-hydrogen) atoms. The Hall–Kier alpha value is -0.990. The van der Waals surface area contributed by atoms with Crippen molar-refractivity contribution in [2.45, 2.75) is 0 Å². The molecule has 0 unspecified atom stereocenters. The van der Waals surface area contributed by atoms with E-state index >= 15 is 0 Å². The van der Waals surface area contributed by atoms with Crippen LogP contribution in [-0.2, 0) is 4.84 Å². The molecule has 3 nitrogen and oxygen atoms in total. The second-order valence-corrected chi connectivity index (χ2v) is 0.753. The van der Waals surface area contributed by atoms with Crippen molar-refractivity contribution in [2.75, 3.05) is 0 Å². The molecule has 0 atom stereocenters. The van der Waals surface area contributed by atoms with Crippen LogP contribution in [0.1, 0.15) is 0 Å². The monoisotopic (exact) mass is 83.0 g/mol. The van der Waals surface area contributed by atoms with Gasteiger partial charge in [0.2, 0.25) is 0 Å². The lowest BCUT2D eigenvalue weighted by Gasteiger charge is -1.95. The third kappa shape index (κ3) is 0.484. The van der Waals surface area contributed by atoms with Crippen LogP contribution in [-0.4, -0.2) is 6.21 Å². The number of allylic oxidation sites excluding steroid dienone is 1. The lowest BCUT2D eigenvalue weighted by molar-refractivity contribution is 0.136. The molecular formula is C3H3N2O. The summed E-state index contributed by atoms with van der Waals surface area (Å²) in [6.45, 7) is 0. The molecule has 1 N–H and O–H groups in total. The Balaban J connectivity index is 2.46. The molecule has 0 saturated heterocycles. The zero-order valence-electron chi connectivity index (χ0n) is 3.01. The molecule has 0 bridgehead atoms. The maximum absolute atomic E-state index is 4.41. The lowest BCUT2D eigenvalue weighted by atomic mass is 10.7. The Morgan fingerprint density at radius 1 is 1.83 bits per heavy atom. The summed E-state index contributed by atoms with van der Waals surface area (Å²) >= 11 is 0. The smallest absolute Gasteiger partial charge is 0.123 e. The number of hydrogen-bond acceptors (Lipinski definition) is 3. The summed E-state index contributed by atoms with van der Waals surface area (Å²) in [4.78, 5) is 4.41. The van der Waals surface area contributed by atoms with Crippen LogP contribution < -0.4 is 5.59 Å². The highest BCUT2D eigenvalue weighted by atomic mass is 16.7. The number of nitrogens with zero attached hydrogens (tertiary/aromatic N) is 1. The zero-order valence-corrected chi connectivity index (χ0v) is 3.01. The van der Waals surface area contributed by atoms with Gasteiger partial charge in [0.1, 0.15) is 12.5 Å². The summed E-state index contributed by atoms with van der Waals surface area (Å²) < 4.78 is 0. The van der Waals surface area contributed by atoms with Gasteiger partial charge in [-0.25, -0.2) is 0 Å². The number of rotatable bonds is 0. The van der Waals surface area contributed by atoms with Crippen LogP contribution in [0.15, 0.2) is 17.4 Å². The first kappa shape index (κ1) is 3.21. The molecule has 1 aliphatic rings. The van der Waals surface area contributed by atoms with Crippen LogP contribution in [0.3, 0.4) is 0 Å². The predicted octanol–water partition coefficient (Wildman–Crippen LogP) is -0.102. The fourth-order valence-electron chi connectivity index (χ4n) is 0.185. The van der Waals surface area contributed by atoms with Gasteiger partial charge in [-0.15, -0.1) is 10.7 Å². The highest BCUT2D eigenvalue weighted by Gasteiger charge is 1.74. The van der Waals surface area contributed by atoms with Gasteiger partial charge in [0.05, 0.1) is 0 Å². The lowest BCUT2D eigenvalue weighted by Crippen LogP contribution is -2.03. The van der Waals surface area contributed by atoms with Crippen molar-refractivity contribution < 1.29 is 4.84 Å². The summed E-state index contributed by atoms with van der Waals surface area (Å²) in [5.74, 6) is 0. The normalized spacial score (nSPS) is 16.0. The summed E-state index contributed by atoms with van der Waals surface area (Å²) in [6, 6.07) is 0. The van der Waals surface area contributed by atoms with Gasteiger partial charge in [0.15, 0.2) is 0 Å². The van der Waals surface area contributed by atoms with E-state index in [9.17, 15) is 0 Å². The third-order valence-corrected chi connectivity index (χ3v) is 0.374. The molecule has 1 heterocycles. The van der Waals surface area contributed by atoms with Gasteiger partial charge in [0, 0.05) is 6.08 Å². The predicted molar refractivity (Wildman–Crippen MR) is 20.8 cm³/mol. The molecule has 0 saturated carbocycles. The molecule has 0 aromatic heterocycles. The summed E-state index contributed by atoms with van der Waals surface area (Å²) in [6.07, 6.45) is 5.51. The molecule has 0 aromatic carbocycles. The van der Waals surface area contributed by atoms with E-state index in [0.29, 0.717) is 0 Å². The zero-order chi connectivity index (χ0) is 4.24. The van der Waals surface area contributed by atoms with Crippen LogP contribution in [0.5, 0.6) is 0 Å². The second kappa shape index (κ2) is 1.45. The molecular weight excluding hydrogens is 80.0 g/mol. The molecule has 1 rings (SSSR count). The molecule has 0 aromatic rings. The minimum absolute atomic E-state index is 1.45. The maximum atomic E-state index is 4.41. The Morgan fingerprint density at radius 3 is 3.00 bits per heavy atom.